The van der Waals surface area contributed by atoms with Crippen LogP contribution in [0.5, 0.6) is 11.5 Å². The van der Waals surface area contributed by atoms with E-state index in [-0.39, 0.29) is 12.0 Å². The lowest BCUT2D eigenvalue weighted by atomic mass is 9.90. The Morgan fingerprint density at radius 3 is 2.09 bits per heavy atom. The minimum Gasteiger partial charge on any atom is -0.493 e. The molecule has 35 heavy (non-hydrogen) atoms. The number of methoxy groups -OCH3 is 1. The van der Waals surface area contributed by atoms with Gasteiger partial charge in [-0.1, -0.05) is 60.7 Å². The van der Waals surface area contributed by atoms with Gasteiger partial charge in [-0.2, -0.15) is 0 Å². The van der Waals surface area contributed by atoms with Crippen LogP contribution in [0.3, 0.4) is 0 Å². The van der Waals surface area contributed by atoms with E-state index < -0.39 is 0 Å². The number of nitrogens with zero attached hydrogens (tertiary/aromatic N) is 1. The summed E-state index contributed by atoms with van der Waals surface area (Å²) in [6, 6.07) is 27.4. The van der Waals surface area contributed by atoms with E-state index in [4.69, 9.17) is 9.47 Å². The number of likely N-dealkylation sites (tertiary alicyclic amines) is 1. The van der Waals surface area contributed by atoms with Crippen molar-refractivity contribution in [1.29, 1.82) is 0 Å². The second-order valence-electron chi connectivity index (χ2n) is 9.61. The standard InChI is InChI=1S/C30H34N2O3/c1-34-29-20-24(30(33)31-25-13-14-25)12-15-28(29)35-26-16-18-32(19-17-26)21-27(22-8-4-2-5-9-22)23-10-6-3-7-11-23/h2-12,15,20,25-27H,13-14,16-19,21H2,1H3,(H,31,33). The summed E-state index contributed by atoms with van der Waals surface area (Å²) < 4.78 is 11.9. The molecular formula is C30H34N2O3. The molecule has 0 spiro atoms. The second-order valence-corrected chi connectivity index (χ2v) is 9.61. The highest BCUT2D eigenvalue weighted by atomic mass is 16.5. The predicted molar refractivity (Wildman–Crippen MR) is 138 cm³/mol. The fourth-order valence-corrected chi connectivity index (χ4v) is 4.82. The van der Waals surface area contributed by atoms with Gasteiger partial charge in [0, 0.05) is 37.2 Å². The summed E-state index contributed by atoms with van der Waals surface area (Å²) in [6.07, 6.45) is 4.20. The largest absolute Gasteiger partial charge is 0.493 e. The van der Waals surface area contributed by atoms with Gasteiger partial charge in [0.05, 0.1) is 7.11 Å². The van der Waals surface area contributed by atoms with Crippen LogP contribution in [-0.2, 0) is 0 Å². The van der Waals surface area contributed by atoms with Gasteiger partial charge in [0.15, 0.2) is 11.5 Å². The van der Waals surface area contributed by atoms with Crippen LogP contribution < -0.4 is 14.8 Å². The van der Waals surface area contributed by atoms with Crippen LogP contribution >= 0.6 is 0 Å². The summed E-state index contributed by atoms with van der Waals surface area (Å²) in [6.45, 7) is 2.98. The first-order valence-electron chi connectivity index (χ1n) is 12.7. The number of carbonyl (C=O) groups is 1. The smallest absolute Gasteiger partial charge is 0.251 e. The molecule has 3 aromatic carbocycles. The maximum absolute atomic E-state index is 12.4. The Morgan fingerprint density at radius 1 is 0.886 bits per heavy atom. The van der Waals surface area contributed by atoms with Gasteiger partial charge in [0.25, 0.3) is 5.91 Å². The Kier molecular flexibility index (Phi) is 7.34. The second kappa shape index (κ2) is 11.0. The lowest BCUT2D eigenvalue weighted by molar-refractivity contribution is 0.0945. The van der Waals surface area contributed by atoms with Gasteiger partial charge >= 0.3 is 0 Å². The molecular weight excluding hydrogens is 436 g/mol. The minimum atomic E-state index is -0.0444. The summed E-state index contributed by atoms with van der Waals surface area (Å²) in [5, 5.41) is 3.03. The Morgan fingerprint density at radius 2 is 1.51 bits per heavy atom. The summed E-state index contributed by atoms with van der Waals surface area (Å²) in [5.74, 6) is 1.63. The molecule has 1 N–H and O–H groups in total. The van der Waals surface area contributed by atoms with E-state index in [0.717, 1.165) is 45.3 Å². The van der Waals surface area contributed by atoms with Crippen molar-refractivity contribution >= 4 is 5.91 Å². The van der Waals surface area contributed by atoms with E-state index in [1.807, 2.05) is 12.1 Å². The predicted octanol–water partition coefficient (Wildman–Crippen LogP) is 5.26. The van der Waals surface area contributed by atoms with E-state index >= 15 is 0 Å². The van der Waals surface area contributed by atoms with Crippen LogP contribution in [0.4, 0.5) is 0 Å². The summed E-state index contributed by atoms with van der Waals surface area (Å²) in [5.41, 5.74) is 3.32. The zero-order chi connectivity index (χ0) is 24.0. The monoisotopic (exact) mass is 470 g/mol. The van der Waals surface area contributed by atoms with Crippen molar-refractivity contribution in [2.45, 2.75) is 43.7 Å². The highest BCUT2D eigenvalue weighted by Crippen LogP contribution is 2.32. The topological polar surface area (TPSA) is 50.8 Å². The van der Waals surface area contributed by atoms with Crippen LogP contribution in [0.2, 0.25) is 0 Å². The summed E-state index contributed by atoms with van der Waals surface area (Å²) >= 11 is 0. The molecule has 0 atom stereocenters. The summed E-state index contributed by atoms with van der Waals surface area (Å²) in [7, 11) is 1.63. The zero-order valence-corrected chi connectivity index (χ0v) is 20.4. The molecule has 3 aromatic rings. The fraction of sp³-hybridized carbons (Fsp3) is 0.367. The number of rotatable bonds is 9. The van der Waals surface area contributed by atoms with Crippen LogP contribution in [0.15, 0.2) is 78.9 Å². The van der Waals surface area contributed by atoms with Gasteiger partial charge in [-0.15, -0.1) is 0 Å². The first-order valence-corrected chi connectivity index (χ1v) is 12.7. The number of hydrogen-bond acceptors (Lipinski definition) is 4. The van der Waals surface area contributed by atoms with Gasteiger partial charge in [0.2, 0.25) is 0 Å². The third kappa shape index (κ3) is 6.04. The number of nitrogens with one attached hydrogen (secondary N) is 1. The van der Waals surface area contributed by atoms with E-state index in [1.165, 1.54) is 11.1 Å². The molecule has 1 aliphatic heterocycles. The average molecular weight is 471 g/mol. The molecule has 1 amide bonds. The third-order valence-corrected chi connectivity index (χ3v) is 7.01. The maximum Gasteiger partial charge on any atom is 0.251 e. The molecule has 1 saturated carbocycles. The number of ether oxygens (including phenoxy) is 2. The van der Waals surface area contributed by atoms with E-state index in [2.05, 4.69) is 70.9 Å². The molecule has 1 heterocycles. The van der Waals surface area contributed by atoms with Crippen LogP contribution in [0.1, 0.15) is 53.1 Å². The number of amides is 1. The van der Waals surface area contributed by atoms with Crippen LogP contribution in [-0.4, -0.2) is 49.7 Å². The third-order valence-electron chi connectivity index (χ3n) is 7.01. The molecule has 5 nitrogen and oxygen atoms in total. The van der Waals surface area contributed by atoms with Gasteiger partial charge in [-0.05, 0) is 55.0 Å². The Bertz CT molecular complexity index is 1070. The van der Waals surface area contributed by atoms with E-state index in [0.29, 0.717) is 29.0 Å². The molecule has 0 unspecified atom stereocenters. The van der Waals surface area contributed by atoms with Gasteiger partial charge in [-0.25, -0.2) is 0 Å². The van der Waals surface area contributed by atoms with Crippen molar-refractivity contribution in [3.63, 3.8) is 0 Å². The number of hydrogen-bond donors (Lipinski definition) is 1. The normalized spacial score (nSPS) is 16.7. The average Bonchev–Trinajstić information content (AvgIpc) is 3.73. The highest BCUT2D eigenvalue weighted by Gasteiger charge is 2.26. The molecule has 0 radical (unpaired) electrons. The molecule has 2 aliphatic rings. The number of benzene rings is 3. The Hall–Kier alpha value is -3.31. The van der Waals surface area contributed by atoms with Gasteiger partial charge in [-0.3, -0.25) is 4.79 Å². The quantitative estimate of drug-likeness (QED) is 0.463. The Labute approximate surface area is 208 Å². The van der Waals surface area contributed by atoms with Crippen molar-refractivity contribution in [3.05, 3.63) is 95.6 Å². The highest BCUT2D eigenvalue weighted by molar-refractivity contribution is 5.95. The molecule has 1 saturated heterocycles. The first kappa shape index (κ1) is 23.4. The molecule has 182 valence electrons. The lowest BCUT2D eigenvalue weighted by Crippen LogP contribution is -2.40. The molecule has 2 fully saturated rings. The molecule has 0 bridgehead atoms. The molecule has 1 aliphatic carbocycles. The first-order chi connectivity index (χ1) is 17.2. The number of piperidine rings is 1. The number of carbonyl (C=O) groups excluding carboxylic acids is 1. The summed E-state index contributed by atoms with van der Waals surface area (Å²) in [4.78, 5) is 14.9. The van der Waals surface area contributed by atoms with Crippen LogP contribution in [0.25, 0.3) is 0 Å². The van der Waals surface area contributed by atoms with E-state index in [1.54, 1.807) is 13.2 Å². The maximum atomic E-state index is 12.4. The minimum absolute atomic E-state index is 0.0444. The van der Waals surface area contributed by atoms with Crippen molar-refractivity contribution in [2.24, 2.45) is 0 Å². The molecule has 5 heteroatoms. The van der Waals surface area contributed by atoms with Gasteiger partial charge in [0.1, 0.15) is 6.10 Å². The molecule has 5 rings (SSSR count). The zero-order valence-electron chi connectivity index (χ0n) is 20.4. The van der Waals surface area contributed by atoms with Crippen LogP contribution in [0, 0.1) is 0 Å². The molecule has 0 aromatic heterocycles. The fourth-order valence-electron chi connectivity index (χ4n) is 4.82. The lowest BCUT2D eigenvalue weighted by Gasteiger charge is -2.35. The van der Waals surface area contributed by atoms with Crippen molar-refractivity contribution in [1.82, 2.24) is 10.2 Å². The van der Waals surface area contributed by atoms with Gasteiger partial charge < -0.3 is 19.7 Å². The van der Waals surface area contributed by atoms with E-state index in [9.17, 15) is 4.79 Å². The van der Waals surface area contributed by atoms with Crippen molar-refractivity contribution < 1.29 is 14.3 Å². The Balaban J connectivity index is 1.19. The van der Waals surface area contributed by atoms with Crippen molar-refractivity contribution in [2.75, 3.05) is 26.7 Å². The van der Waals surface area contributed by atoms with Crippen molar-refractivity contribution in [3.8, 4) is 11.5 Å². The SMILES string of the molecule is COc1cc(C(=O)NC2CC2)ccc1OC1CCN(CC(c2ccccc2)c2ccccc2)CC1.